The van der Waals surface area contributed by atoms with E-state index in [1.807, 2.05) is 13.0 Å². The summed E-state index contributed by atoms with van der Waals surface area (Å²) in [6, 6.07) is 1.86. The number of aromatic nitrogens is 4. The van der Waals surface area contributed by atoms with Crippen LogP contribution in [0.3, 0.4) is 0 Å². The van der Waals surface area contributed by atoms with E-state index >= 15 is 0 Å². The molecule has 66 valence electrons. The molecule has 2 heterocycles. The number of hydrogen-bond acceptors (Lipinski definition) is 3. The molecule has 2 aromatic heterocycles. The van der Waals surface area contributed by atoms with Gasteiger partial charge in [0.05, 0.1) is 0 Å². The Bertz CT molecular complexity index is 424. The average molecular weight is 195 g/mol. The summed E-state index contributed by atoms with van der Waals surface area (Å²) in [5, 5.41) is 0.455. The predicted molar refractivity (Wildman–Crippen MR) is 48.9 cm³/mol. The molecule has 2 aromatic rings. The zero-order valence-corrected chi connectivity index (χ0v) is 7.73. The maximum atomic E-state index is 5.67. The number of imidazole rings is 1. The molecule has 0 N–H and O–H groups in total. The molecule has 0 atom stereocenters. The van der Waals surface area contributed by atoms with Gasteiger partial charge >= 0.3 is 0 Å². The molecule has 0 aliphatic rings. The Morgan fingerprint density at radius 3 is 2.77 bits per heavy atom. The van der Waals surface area contributed by atoms with E-state index in [1.54, 1.807) is 17.1 Å². The van der Waals surface area contributed by atoms with Crippen molar-refractivity contribution < 1.29 is 0 Å². The van der Waals surface area contributed by atoms with Crippen molar-refractivity contribution in [3.05, 3.63) is 35.8 Å². The van der Waals surface area contributed by atoms with Crippen molar-refractivity contribution in [3.63, 3.8) is 0 Å². The van der Waals surface area contributed by atoms with Crippen LogP contribution in [0.5, 0.6) is 0 Å². The Kier molecular flexibility index (Phi) is 1.98. The molecular weight excluding hydrogens is 188 g/mol. The maximum absolute atomic E-state index is 5.67. The minimum absolute atomic E-state index is 0.455. The third kappa shape index (κ3) is 1.67. The quantitative estimate of drug-likeness (QED) is 0.693. The van der Waals surface area contributed by atoms with Gasteiger partial charge in [0, 0.05) is 18.0 Å². The van der Waals surface area contributed by atoms with Gasteiger partial charge in [0.2, 0.25) is 0 Å². The van der Waals surface area contributed by atoms with E-state index in [0.29, 0.717) is 5.15 Å². The fourth-order valence-corrected chi connectivity index (χ4v) is 1.15. The van der Waals surface area contributed by atoms with E-state index in [2.05, 4.69) is 15.0 Å². The van der Waals surface area contributed by atoms with Crippen LogP contribution >= 0.6 is 11.6 Å². The van der Waals surface area contributed by atoms with Gasteiger partial charge in [-0.2, -0.15) is 0 Å². The predicted octanol–water partition coefficient (Wildman–Crippen LogP) is 1.62. The Hall–Kier alpha value is -1.42. The highest BCUT2D eigenvalue weighted by Crippen LogP contribution is 2.08. The van der Waals surface area contributed by atoms with Crippen LogP contribution in [-0.2, 0) is 0 Å². The number of rotatable bonds is 1. The molecule has 13 heavy (non-hydrogen) atoms. The summed E-state index contributed by atoms with van der Waals surface area (Å²) >= 11 is 5.67. The Morgan fingerprint density at radius 2 is 2.15 bits per heavy atom. The van der Waals surface area contributed by atoms with E-state index in [9.17, 15) is 0 Å². The first-order valence-electron chi connectivity index (χ1n) is 3.74. The lowest BCUT2D eigenvalue weighted by molar-refractivity contribution is 0.956. The van der Waals surface area contributed by atoms with Crippen LogP contribution in [0.25, 0.3) is 5.82 Å². The zero-order chi connectivity index (χ0) is 9.26. The third-order valence-corrected chi connectivity index (χ3v) is 1.80. The molecular formula is C8H7ClN4. The summed E-state index contributed by atoms with van der Waals surface area (Å²) in [5.41, 5.74) is 0.912. The minimum atomic E-state index is 0.455. The molecule has 0 amide bonds. The fourth-order valence-electron chi connectivity index (χ4n) is 1.01. The van der Waals surface area contributed by atoms with Gasteiger partial charge in [-0.05, 0) is 6.92 Å². The highest BCUT2D eigenvalue weighted by molar-refractivity contribution is 6.29. The smallest absolute Gasteiger partial charge is 0.147 e. The second-order valence-corrected chi connectivity index (χ2v) is 3.01. The summed E-state index contributed by atoms with van der Waals surface area (Å²) in [7, 11) is 0. The number of hydrogen-bond donors (Lipinski definition) is 0. The van der Waals surface area contributed by atoms with E-state index < -0.39 is 0 Å². The molecule has 4 nitrogen and oxygen atoms in total. The van der Waals surface area contributed by atoms with Crippen molar-refractivity contribution in [1.82, 2.24) is 19.5 Å². The summed E-state index contributed by atoms with van der Waals surface area (Å²) in [6.07, 6.45) is 4.83. The molecule has 2 rings (SSSR count). The SMILES string of the molecule is Cc1cc(-n2cnc(Cl)c2)ncn1. The third-order valence-electron chi connectivity index (χ3n) is 1.60. The lowest BCUT2D eigenvalue weighted by Crippen LogP contribution is -1.95. The summed E-state index contributed by atoms with van der Waals surface area (Å²) < 4.78 is 1.75. The van der Waals surface area contributed by atoms with Crippen molar-refractivity contribution in [1.29, 1.82) is 0 Å². The van der Waals surface area contributed by atoms with Crippen molar-refractivity contribution >= 4 is 11.6 Å². The van der Waals surface area contributed by atoms with Gasteiger partial charge in [-0.1, -0.05) is 11.6 Å². The molecule has 5 heteroatoms. The molecule has 0 spiro atoms. The second kappa shape index (κ2) is 3.14. The molecule has 0 saturated carbocycles. The lowest BCUT2D eigenvalue weighted by Gasteiger charge is -1.99. The van der Waals surface area contributed by atoms with Crippen LogP contribution in [0.15, 0.2) is 24.9 Å². The van der Waals surface area contributed by atoms with Gasteiger partial charge in [0.15, 0.2) is 0 Å². The molecule has 0 radical (unpaired) electrons. The first kappa shape index (κ1) is 8.19. The molecule has 0 aliphatic carbocycles. The fraction of sp³-hybridized carbons (Fsp3) is 0.125. The summed E-state index contributed by atoms with van der Waals surface area (Å²) in [4.78, 5) is 12.0. The first-order chi connectivity index (χ1) is 6.25. The topological polar surface area (TPSA) is 43.6 Å². The molecule has 0 fully saturated rings. The van der Waals surface area contributed by atoms with Gasteiger partial charge in [-0.25, -0.2) is 15.0 Å². The van der Waals surface area contributed by atoms with Gasteiger partial charge in [0.25, 0.3) is 0 Å². The molecule has 0 bridgehead atoms. The van der Waals surface area contributed by atoms with Crippen LogP contribution in [0.2, 0.25) is 5.15 Å². The number of halogens is 1. The van der Waals surface area contributed by atoms with Crippen LogP contribution in [0.4, 0.5) is 0 Å². The Balaban J connectivity index is 2.46. The van der Waals surface area contributed by atoms with Crippen LogP contribution < -0.4 is 0 Å². The van der Waals surface area contributed by atoms with E-state index in [1.165, 1.54) is 6.33 Å². The Morgan fingerprint density at radius 1 is 1.31 bits per heavy atom. The van der Waals surface area contributed by atoms with Crippen molar-refractivity contribution in [2.24, 2.45) is 0 Å². The Labute approximate surface area is 80.2 Å². The van der Waals surface area contributed by atoms with E-state index in [-0.39, 0.29) is 0 Å². The zero-order valence-electron chi connectivity index (χ0n) is 6.98. The standard InChI is InChI=1S/C8H7ClN4/c1-6-2-8(11-4-10-6)13-3-7(9)12-5-13/h2-5H,1H3. The van der Waals surface area contributed by atoms with Gasteiger partial charge in [-0.15, -0.1) is 0 Å². The number of nitrogens with zero attached hydrogens (tertiary/aromatic N) is 4. The first-order valence-corrected chi connectivity index (χ1v) is 4.12. The van der Waals surface area contributed by atoms with Crippen molar-refractivity contribution in [2.45, 2.75) is 6.92 Å². The van der Waals surface area contributed by atoms with Gasteiger partial charge in [-0.3, -0.25) is 4.57 Å². The maximum Gasteiger partial charge on any atom is 0.147 e. The van der Waals surface area contributed by atoms with Crippen molar-refractivity contribution in [3.8, 4) is 5.82 Å². The van der Waals surface area contributed by atoms with E-state index in [0.717, 1.165) is 11.5 Å². The van der Waals surface area contributed by atoms with E-state index in [4.69, 9.17) is 11.6 Å². The van der Waals surface area contributed by atoms with Crippen molar-refractivity contribution in [2.75, 3.05) is 0 Å². The lowest BCUT2D eigenvalue weighted by atomic mass is 10.4. The second-order valence-electron chi connectivity index (χ2n) is 2.62. The normalized spacial score (nSPS) is 10.3. The van der Waals surface area contributed by atoms with Crippen LogP contribution in [0.1, 0.15) is 5.69 Å². The average Bonchev–Trinajstić information content (AvgIpc) is 2.52. The molecule has 0 aromatic carbocycles. The highest BCUT2D eigenvalue weighted by Gasteiger charge is 1.99. The highest BCUT2D eigenvalue weighted by atomic mass is 35.5. The molecule has 0 aliphatic heterocycles. The van der Waals surface area contributed by atoms with Crippen LogP contribution in [0, 0.1) is 6.92 Å². The minimum Gasteiger partial charge on any atom is -0.289 e. The summed E-state index contributed by atoms with van der Waals surface area (Å²) in [5.74, 6) is 0.770. The molecule has 0 unspecified atom stereocenters. The summed E-state index contributed by atoms with van der Waals surface area (Å²) in [6.45, 7) is 1.91. The largest absolute Gasteiger partial charge is 0.289 e. The van der Waals surface area contributed by atoms with Crippen LogP contribution in [-0.4, -0.2) is 19.5 Å². The van der Waals surface area contributed by atoms with Gasteiger partial charge < -0.3 is 0 Å². The molecule has 0 saturated heterocycles. The van der Waals surface area contributed by atoms with Gasteiger partial charge in [0.1, 0.15) is 23.6 Å². The number of aryl methyl sites for hydroxylation is 1. The monoisotopic (exact) mass is 194 g/mol.